The summed E-state index contributed by atoms with van der Waals surface area (Å²) in [5.74, 6) is 0.379. The van der Waals surface area contributed by atoms with Gasteiger partial charge in [-0.2, -0.15) is 0 Å². The van der Waals surface area contributed by atoms with Crippen molar-refractivity contribution in [2.24, 2.45) is 5.73 Å². The summed E-state index contributed by atoms with van der Waals surface area (Å²) in [6.45, 7) is 0.509. The topological polar surface area (TPSA) is 309 Å². The zero-order valence-corrected chi connectivity index (χ0v) is 22.5. The van der Waals surface area contributed by atoms with E-state index < -0.39 is 60.7 Å². The molecule has 0 saturated carbocycles. The van der Waals surface area contributed by atoms with Crippen LogP contribution in [-0.2, 0) is 36.3 Å². The predicted octanol–water partition coefficient (Wildman–Crippen LogP) is -2.44. The van der Waals surface area contributed by atoms with Crippen LogP contribution >= 0.6 is 35.7 Å². The van der Waals surface area contributed by atoms with Crippen molar-refractivity contribution in [2.45, 2.75) is 31.5 Å². The first-order chi connectivity index (χ1) is 17.5. The molecular weight excluding hydrogens is 601 g/mol. The molecule has 1 aliphatic rings. The van der Waals surface area contributed by atoms with E-state index in [1.165, 1.54) is 10.9 Å². The average Bonchev–Trinajstić information content (AvgIpc) is 3.29. The van der Waals surface area contributed by atoms with E-state index in [0.29, 0.717) is 5.82 Å². The van der Waals surface area contributed by atoms with E-state index in [1.54, 1.807) is 6.92 Å². The second kappa shape index (κ2) is 11.8. The number of carbonyl (C=O) groups is 1. The van der Waals surface area contributed by atoms with E-state index in [0.717, 1.165) is 0 Å². The number of nitrogens with one attached hydrogen (secondary N) is 2. The van der Waals surface area contributed by atoms with E-state index in [9.17, 15) is 38.3 Å². The van der Waals surface area contributed by atoms with Crippen LogP contribution in [0.3, 0.4) is 0 Å². The lowest BCUT2D eigenvalue weighted by atomic mass is 10.1. The molecule has 0 radical (unpaired) electrons. The molecule has 0 aromatic carbocycles. The van der Waals surface area contributed by atoms with Gasteiger partial charge in [0.15, 0.2) is 17.0 Å². The molecule has 20 nitrogen and oxygen atoms in total. The van der Waals surface area contributed by atoms with Gasteiger partial charge in [0, 0.05) is 13.1 Å². The van der Waals surface area contributed by atoms with Gasteiger partial charge in [-0.3, -0.25) is 18.3 Å². The van der Waals surface area contributed by atoms with Crippen molar-refractivity contribution in [1.82, 2.24) is 24.8 Å². The Morgan fingerprint density at radius 3 is 2.63 bits per heavy atom. The van der Waals surface area contributed by atoms with E-state index in [2.05, 4.69) is 33.4 Å². The second-order valence-corrected chi connectivity index (χ2v) is 12.1. The summed E-state index contributed by atoms with van der Waals surface area (Å²) in [4.78, 5) is 65.5. The van der Waals surface area contributed by atoms with E-state index in [4.69, 9.17) is 32.3 Å². The number of phosphoric ester groups is 1. The molecule has 0 spiro atoms. The van der Waals surface area contributed by atoms with Gasteiger partial charge in [0.1, 0.15) is 29.2 Å². The number of aromatic nitrogens is 4. The third-order valence-electron chi connectivity index (χ3n) is 4.61. The lowest BCUT2D eigenvalue weighted by Crippen LogP contribution is -2.42. The zero-order chi connectivity index (χ0) is 28.5. The number of aromatic amines is 1. The van der Waals surface area contributed by atoms with Crippen molar-refractivity contribution in [1.29, 1.82) is 0 Å². The first kappa shape index (κ1) is 30.9. The number of fused-ring (bicyclic) bond motifs is 1. The van der Waals surface area contributed by atoms with Crippen LogP contribution < -0.4 is 25.7 Å². The minimum absolute atomic E-state index is 0.0150. The van der Waals surface area contributed by atoms with Gasteiger partial charge in [0.2, 0.25) is 0 Å². The first-order valence-electron chi connectivity index (χ1n) is 10.2. The number of nitrogens with zero attached hydrogens (tertiary/aromatic N) is 3. The normalized spacial score (nSPS) is 26.4. The zero-order valence-electron chi connectivity index (χ0n) is 19.0. The molecule has 7 atom stereocenters. The molecule has 1 fully saturated rings. The number of rotatable bonds is 11. The molecule has 3 heterocycles. The van der Waals surface area contributed by atoms with Crippen LogP contribution in [0.4, 0.5) is 4.79 Å². The minimum atomic E-state index is -6.15. The maximum absolute atomic E-state index is 12.1. The van der Waals surface area contributed by atoms with E-state index >= 15 is 0 Å². The van der Waals surface area contributed by atoms with Crippen molar-refractivity contribution in [2.75, 3.05) is 19.7 Å². The fourth-order valence-corrected chi connectivity index (χ4v) is 6.44. The Hall–Kier alpha value is -1.67. The number of hydrogen-bond donors (Lipinski definition) is 5. The smallest absolute Gasteiger partial charge is 0.407 e. The van der Waals surface area contributed by atoms with Crippen LogP contribution in [0, 0.1) is 11.6 Å². The highest BCUT2D eigenvalue weighted by molar-refractivity contribution is 7.71. The number of nitrogens with two attached hydrogens (primary N) is 1. The fraction of sp³-hybridized carbons (Fsp3) is 0.571. The summed E-state index contributed by atoms with van der Waals surface area (Å²) in [7, 11) is -18.0. The molecule has 214 valence electrons. The third-order valence-corrected chi connectivity index (χ3v) is 8.58. The molecule has 1 aliphatic heterocycles. The standard InChI is InChI=1S/C14H23N6O14P3S/c1-6-18-11-8(12(38)19-6)17-5-20(11)13-9(21)10(32-14(22)16-3-2-15)7(31-13)4-30-36(26,27)34-37(28,29)33-35(23,24)25/h5,7,9-10,13,21H,2-4,15H2,1H3,(H,16,22)(H,26,27)(H,28,29)(H,18,19,38)(H2,23,24,25)/p-3. The van der Waals surface area contributed by atoms with Crippen LogP contribution in [0.15, 0.2) is 6.33 Å². The molecule has 2 aromatic rings. The Morgan fingerprint density at radius 1 is 1.32 bits per heavy atom. The van der Waals surface area contributed by atoms with Crippen LogP contribution in [0.5, 0.6) is 0 Å². The van der Waals surface area contributed by atoms with E-state index in [1.807, 2.05) is 0 Å². The summed E-state index contributed by atoms with van der Waals surface area (Å²) in [6.07, 6.45) is -6.11. The number of amides is 1. The van der Waals surface area contributed by atoms with Crippen LogP contribution in [0.2, 0.25) is 0 Å². The number of phosphoric acid groups is 3. The van der Waals surface area contributed by atoms with E-state index in [-0.39, 0.29) is 28.9 Å². The fourth-order valence-electron chi connectivity index (χ4n) is 3.26. The van der Waals surface area contributed by atoms with Gasteiger partial charge in [-0.1, -0.05) is 12.2 Å². The Balaban J connectivity index is 1.84. The molecule has 1 amide bonds. The summed E-state index contributed by atoms with van der Waals surface area (Å²) in [5, 5.41) is 13.2. The van der Waals surface area contributed by atoms with Gasteiger partial charge in [-0.25, -0.2) is 23.4 Å². The van der Waals surface area contributed by atoms with Gasteiger partial charge in [-0.15, -0.1) is 0 Å². The Bertz CT molecular complexity index is 1380. The second-order valence-electron chi connectivity index (χ2n) is 7.44. The lowest BCUT2D eigenvalue weighted by Gasteiger charge is -2.33. The number of aliphatic hydroxyl groups is 1. The maximum Gasteiger partial charge on any atom is 0.407 e. The van der Waals surface area contributed by atoms with Crippen molar-refractivity contribution >= 4 is 52.9 Å². The van der Waals surface area contributed by atoms with Crippen LogP contribution in [-0.4, -0.2) is 73.6 Å². The highest BCUT2D eigenvalue weighted by Gasteiger charge is 2.48. The Labute approximate surface area is 217 Å². The van der Waals surface area contributed by atoms with Crippen LogP contribution in [0.25, 0.3) is 11.2 Å². The Morgan fingerprint density at radius 2 is 2.00 bits per heavy atom. The third kappa shape index (κ3) is 7.93. The summed E-state index contributed by atoms with van der Waals surface area (Å²) >= 11 is 5.15. The number of hydrogen-bond acceptors (Lipinski definition) is 17. The summed E-state index contributed by atoms with van der Waals surface area (Å²) in [5.41, 5.74) is 5.77. The van der Waals surface area contributed by atoms with Crippen LogP contribution in [0.1, 0.15) is 12.1 Å². The lowest BCUT2D eigenvalue weighted by molar-refractivity contribution is -0.250. The number of alkyl carbamates (subject to hydrolysis) is 1. The monoisotopic (exact) mass is 621 g/mol. The number of aliphatic hydroxyl groups excluding tert-OH is 1. The molecule has 1 saturated heterocycles. The molecule has 3 rings (SSSR count). The molecule has 0 bridgehead atoms. The molecule has 24 heteroatoms. The molecule has 6 N–H and O–H groups in total. The molecule has 7 unspecified atom stereocenters. The van der Waals surface area contributed by atoms with Crippen molar-refractivity contribution in [3.05, 3.63) is 16.8 Å². The highest BCUT2D eigenvalue weighted by atomic mass is 32.1. The number of aryl methyl sites for hydroxylation is 1. The number of ether oxygens (including phenoxy) is 2. The van der Waals surface area contributed by atoms with Crippen molar-refractivity contribution < 1.29 is 65.8 Å². The number of H-pyrrole nitrogens is 1. The number of carbonyl (C=O) groups excluding carboxylic acids is 1. The Kier molecular flexibility index (Phi) is 9.61. The molecule has 2 aromatic heterocycles. The average molecular weight is 621 g/mol. The first-order valence-corrected chi connectivity index (χ1v) is 15.0. The predicted molar refractivity (Wildman–Crippen MR) is 118 cm³/mol. The van der Waals surface area contributed by atoms with Gasteiger partial charge in [-0.05, 0) is 6.92 Å². The molecule has 38 heavy (non-hydrogen) atoms. The number of imidazole rings is 1. The SMILES string of the molecule is Cc1nc(=S)c2ncn(C3OC(COP(=O)([O-])OP(=O)([O-])OP(=O)([O-])O)C(OC(=O)NCCN)C3O)c2[nH]1. The van der Waals surface area contributed by atoms with Crippen molar-refractivity contribution in [3.63, 3.8) is 0 Å². The highest BCUT2D eigenvalue weighted by Crippen LogP contribution is 2.61. The molecule has 0 aliphatic carbocycles. The quantitative estimate of drug-likeness (QED) is 0.128. The van der Waals surface area contributed by atoms with Crippen molar-refractivity contribution in [3.8, 4) is 0 Å². The van der Waals surface area contributed by atoms with Gasteiger partial charge in [0.05, 0.1) is 12.9 Å². The largest absolute Gasteiger partial charge is 0.756 e. The van der Waals surface area contributed by atoms with Gasteiger partial charge >= 0.3 is 6.09 Å². The van der Waals surface area contributed by atoms with Gasteiger partial charge < -0.3 is 54.7 Å². The maximum atomic E-state index is 12.1. The molecular formula is C14H20N6O14P3S-3. The summed E-state index contributed by atoms with van der Waals surface area (Å²) < 4.78 is 57.3. The minimum Gasteiger partial charge on any atom is -0.756 e. The van der Waals surface area contributed by atoms with Gasteiger partial charge in [0.25, 0.3) is 23.5 Å². The summed E-state index contributed by atoms with van der Waals surface area (Å²) in [6, 6.07) is 0.